The van der Waals surface area contributed by atoms with Gasteiger partial charge in [-0.15, -0.1) is 0 Å². The highest BCUT2D eigenvalue weighted by Crippen LogP contribution is 2.16. The highest BCUT2D eigenvalue weighted by atomic mass is 15.1. The highest BCUT2D eigenvalue weighted by molar-refractivity contribution is 5.23. The van der Waals surface area contributed by atoms with Crippen molar-refractivity contribution in [3.8, 4) is 0 Å². The van der Waals surface area contributed by atoms with E-state index in [-0.39, 0.29) is 0 Å². The summed E-state index contributed by atoms with van der Waals surface area (Å²) in [7, 11) is 2.20. The molecule has 0 aliphatic carbocycles. The van der Waals surface area contributed by atoms with Crippen LogP contribution in [0, 0.1) is 6.92 Å². The Kier molecular flexibility index (Phi) is 7.11. The van der Waals surface area contributed by atoms with Gasteiger partial charge in [-0.25, -0.2) is 0 Å². The maximum atomic E-state index is 3.67. The van der Waals surface area contributed by atoms with Gasteiger partial charge in [-0.1, -0.05) is 36.8 Å². The average molecular weight is 262 g/mol. The third-order valence-electron chi connectivity index (χ3n) is 3.85. The van der Waals surface area contributed by atoms with Gasteiger partial charge in [0.25, 0.3) is 0 Å². The van der Waals surface area contributed by atoms with E-state index in [2.05, 4.69) is 69.2 Å². The molecule has 0 heterocycles. The highest BCUT2D eigenvalue weighted by Gasteiger charge is 2.08. The van der Waals surface area contributed by atoms with E-state index in [1.165, 1.54) is 17.5 Å². The van der Waals surface area contributed by atoms with Crippen molar-refractivity contribution in [2.24, 2.45) is 0 Å². The zero-order valence-electron chi connectivity index (χ0n) is 13.2. The van der Waals surface area contributed by atoms with Crippen molar-refractivity contribution in [1.29, 1.82) is 0 Å². The molecule has 1 aromatic carbocycles. The number of nitrogens with one attached hydrogen (secondary N) is 1. The normalized spacial score (nSPS) is 13.2. The lowest BCUT2D eigenvalue weighted by Crippen LogP contribution is -2.30. The molecule has 0 saturated carbocycles. The Bertz CT molecular complexity index is 343. The second-order valence-electron chi connectivity index (χ2n) is 5.75. The van der Waals surface area contributed by atoms with Crippen LogP contribution in [0.3, 0.4) is 0 Å². The SMILES string of the molecule is CCC(NCCCN(C)C(C)C)c1ccc(C)cc1. The summed E-state index contributed by atoms with van der Waals surface area (Å²) in [6.07, 6.45) is 2.35. The third kappa shape index (κ3) is 5.75. The van der Waals surface area contributed by atoms with Crippen LogP contribution >= 0.6 is 0 Å². The Morgan fingerprint density at radius 3 is 2.32 bits per heavy atom. The van der Waals surface area contributed by atoms with Crippen LogP contribution in [-0.4, -0.2) is 31.1 Å². The molecular formula is C17H30N2. The minimum absolute atomic E-state index is 0.491. The number of benzene rings is 1. The molecule has 1 N–H and O–H groups in total. The molecular weight excluding hydrogens is 232 g/mol. The predicted molar refractivity (Wildman–Crippen MR) is 84.6 cm³/mol. The number of rotatable bonds is 8. The summed E-state index contributed by atoms with van der Waals surface area (Å²) < 4.78 is 0. The topological polar surface area (TPSA) is 15.3 Å². The van der Waals surface area contributed by atoms with Gasteiger partial charge in [0, 0.05) is 12.1 Å². The molecule has 1 atom stereocenters. The van der Waals surface area contributed by atoms with E-state index in [1.54, 1.807) is 0 Å². The lowest BCUT2D eigenvalue weighted by atomic mass is 10.0. The van der Waals surface area contributed by atoms with Crippen molar-refractivity contribution in [3.63, 3.8) is 0 Å². The van der Waals surface area contributed by atoms with Crippen molar-refractivity contribution >= 4 is 0 Å². The maximum absolute atomic E-state index is 3.67. The minimum Gasteiger partial charge on any atom is -0.310 e. The van der Waals surface area contributed by atoms with Gasteiger partial charge in [-0.05, 0) is 59.3 Å². The summed E-state index contributed by atoms with van der Waals surface area (Å²) in [5, 5.41) is 3.67. The molecule has 19 heavy (non-hydrogen) atoms. The van der Waals surface area contributed by atoms with Crippen LogP contribution < -0.4 is 5.32 Å². The van der Waals surface area contributed by atoms with Crippen LogP contribution in [0.1, 0.15) is 50.8 Å². The molecule has 1 unspecified atom stereocenters. The summed E-state index contributed by atoms with van der Waals surface area (Å²) in [6, 6.07) is 10.0. The number of hydrogen-bond acceptors (Lipinski definition) is 2. The first-order valence-corrected chi connectivity index (χ1v) is 7.54. The van der Waals surface area contributed by atoms with Crippen LogP contribution in [0.15, 0.2) is 24.3 Å². The van der Waals surface area contributed by atoms with E-state index in [0.717, 1.165) is 19.5 Å². The van der Waals surface area contributed by atoms with Crippen molar-refractivity contribution < 1.29 is 0 Å². The van der Waals surface area contributed by atoms with E-state index < -0.39 is 0 Å². The molecule has 0 aromatic heterocycles. The first-order valence-electron chi connectivity index (χ1n) is 7.54. The van der Waals surface area contributed by atoms with Crippen LogP contribution in [0.25, 0.3) is 0 Å². The summed E-state index contributed by atoms with van der Waals surface area (Å²) in [4.78, 5) is 2.40. The second kappa shape index (κ2) is 8.34. The zero-order chi connectivity index (χ0) is 14.3. The van der Waals surface area contributed by atoms with Gasteiger partial charge in [-0.2, -0.15) is 0 Å². The van der Waals surface area contributed by atoms with Gasteiger partial charge in [-0.3, -0.25) is 0 Å². The fraction of sp³-hybridized carbons (Fsp3) is 0.647. The molecule has 0 spiro atoms. The van der Waals surface area contributed by atoms with E-state index in [0.29, 0.717) is 12.1 Å². The zero-order valence-corrected chi connectivity index (χ0v) is 13.2. The van der Waals surface area contributed by atoms with E-state index in [4.69, 9.17) is 0 Å². The van der Waals surface area contributed by atoms with Gasteiger partial charge >= 0.3 is 0 Å². The largest absolute Gasteiger partial charge is 0.310 e. The molecule has 0 radical (unpaired) electrons. The van der Waals surface area contributed by atoms with E-state index >= 15 is 0 Å². The van der Waals surface area contributed by atoms with Crippen LogP contribution in [-0.2, 0) is 0 Å². The summed E-state index contributed by atoms with van der Waals surface area (Å²) in [5.74, 6) is 0. The van der Waals surface area contributed by atoms with Crippen LogP contribution in [0.5, 0.6) is 0 Å². The van der Waals surface area contributed by atoms with Gasteiger partial charge < -0.3 is 10.2 Å². The van der Waals surface area contributed by atoms with Crippen LogP contribution in [0.4, 0.5) is 0 Å². The fourth-order valence-corrected chi connectivity index (χ4v) is 2.16. The number of nitrogens with zero attached hydrogens (tertiary/aromatic N) is 1. The molecule has 1 rings (SSSR count). The Hall–Kier alpha value is -0.860. The van der Waals surface area contributed by atoms with Crippen LogP contribution in [0.2, 0.25) is 0 Å². The smallest absolute Gasteiger partial charge is 0.0317 e. The molecule has 0 aliphatic heterocycles. The Labute approximate surface area is 119 Å². The number of aryl methyl sites for hydroxylation is 1. The van der Waals surface area contributed by atoms with Crippen molar-refractivity contribution in [1.82, 2.24) is 10.2 Å². The number of hydrogen-bond donors (Lipinski definition) is 1. The molecule has 0 fully saturated rings. The molecule has 2 nitrogen and oxygen atoms in total. The summed E-state index contributed by atoms with van der Waals surface area (Å²) in [6.45, 7) is 11.1. The molecule has 108 valence electrons. The van der Waals surface area contributed by atoms with Crippen molar-refractivity contribution in [2.45, 2.75) is 52.6 Å². The molecule has 0 amide bonds. The maximum Gasteiger partial charge on any atom is 0.0317 e. The van der Waals surface area contributed by atoms with E-state index in [1.807, 2.05) is 0 Å². The van der Waals surface area contributed by atoms with Gasteiger partial charge in [0.1, 0.15) is 0 Å². The lowest BCUT2D eigenvalue weighted by molar-refractivity contribution is 0.267. The van der Waals surface area contributed by atoms with Crippen molar-refractivity contribution in [2.75, 3.05) is 20.1 Å². The molecule has 0 saturated heterocycles. The second-order valence-corrected chi connectivity index (χ2v) is 5.75. The first-order chi connectivity index (χ1) is 9.04. The first kappa shape index (κ1) is 16.2. The summed E-state index contributed by atoms with van der Waals surface area (Å²) >= 11 is 0. The molecule has 0 bridgehead atoms. The van der Waals surface area contributed by atoms with Gasteiger partial charge in [0.05, 0.1) is 0 Å². The third-order valence-corrected chi connectivity index (χ3v) is 3.85. The molecule has 2 heteroatoms. The van der Waals surface area contributed by atoms with E-state index in [9.17, 15) is 0 Å². The van der Waals surface area contributed by atoms with Gasteiger partial charge in [0.2, 0.25) is 0 Å². The Morgan fingerprint density at radius 1 is 1.16 bits per heavy atom. The summed E-state index contributed by atoms with van der Waals surface area (Å²) in [5.41, 5.74) is 2.74. The predicted octanol–water partition coefficient (Wildman–Crippen LogP) is 3.77. The standard InChI is InChI=1S/C17H30N2/c1-6-17(16-10-8-15(4)9-11-16)18-12-7-13-19(5)14(2)3/h8-11,14,17-18H,6-7,12-13H2,1-5H3. The average Bonchev–Trinajstić information content (AvgIpc) is 2.40. The quantitative estimate of drug-likeness (QED) is 0.718. The van der Waals surface area contributed by atoms with Crippen molar-refractivity contribution in [3.05, 3.63) is 35.4 Å². The monoisotopic (exact) mass is 262 g/mol. The Balaban J connectivity index is 2.35. The van der Waals surface area contributed by atoms with Gasteiger partial charge in [0.15, 0.2) is 0 Å². The lowest BCUT2D eigenvalue weighted by Gasteiger charge is -2.22. The Morgan fingerprint density at radius 2 is 1.79 bits per heavy atom. The minimum atomic E-state index is 0.491. The molecule has 0 aliphatic rings. The fourth-order valence-electron chi connectivity index (χ4n) is 2.16. The molecule has 1 aromatic rings.